The van der Waals surface area contributed by atoms with Crippen LogP contribution in [0.2, 0.25) is 0 Å². The summed E-state index contributed by atoms with van der Waals surface area (Å²) in [5, 5.41) is 0. The van der Waals surface area contributed by atoms with E-state index in [4.69, 9.17) is 5.73 Å². The summed E-state index contributed by atoms with van der Waals surface area (Å²) in [5.74, 6) is 1.27. The Morgan fingerprint density at radius 2 is 2.00 bits per heavy atom. The van der Waals surface area contributed by atoms with Gasteiger partial charge in [0.2, 0.25) is 0 Å². The van der Waals surface area contributed by atoms with E-state index >= 15 is 0 Å². The summed E-state index contributed by atoms with van der Waals surface area (Å²) in [7, 11) is 0. The van der Waals surface area contributed by atoms with Crippen molar-refractivity contribution in [2.24, 2.45) is 5.73 Å². The number of nitrogens with two attached hydrogens (primary N) is 1. The quantitative estimate of drug-likeness (QED) is 0.745. The van der Waals surface area contributed by atoms with Crippen molar-refractivity contribution in [3.63, 3.8) is 0 Å². The molecule has 3 heteroatoms. The predicted octanol–water partition coefficient (Wildman–Crippen LogP) is 2.08. The third kappa shape index (κ3) is 2.89. The van der Waals surface area contributed by atoms with Crippen molar-refractivity contribution < 1.29 is 0 Å². The third-order valence-corrected chi connectivity index (χ3v) is 5.00. The second-order valence-corrected chi connectivity index (χ2v) is 7.40. The van der Waals surface area contributed by atoms with Gasteiger partial charge in [-0.2, -0.15) is 11.8 Å². The van der Waals surface area contributed by atoms with Crippen molar-refractivity contribution in [1.82, 2.24) is 4.90 Å². The lowest BCUT2D eigenvalue weighted by Gasteiger charge is -2.45. The van der Waals surface area contributed by atoms with Gasteiger partial charge >= 0.3 is 0 Å². The molecule has 0 amide bonds. The van der Waals surface area contributed by atoms with E-state index in [9.17, 15) is 0 Å². The predicted molar refractivity (Wildman–Crippen MR) is 68.3 cm³/mol. The van der Waals surface area contributed by atoms with Gasteiger partial charge in [0, 0.05) is 35.7 Å². The molecular formula is C12H24N2S. The number of hydrogen-bond acceptors (Lipinski definition) is 3. The van der Waals surface area contributed by atoms with E-state index in [2.05, 4.69) is 30.5 Å². The van der Waals surface area contributed by atoms with E-state index in [-0.39, 0.29) is 0 Å². The minimum atomic E-state index is 0.426. The highest BCUT2D eigenvalue weighted by molar-refractivity contribution is 8.00. The molecule has 88 valence electrons. The van der Waals surface area contributed by atoms with Gasteiger partial charge in [0.05, 0.1) is 0 Å². The zero-order chi connectivity index (χ0) is 10.9. The molecule has 2 atom stereocenters. The minimum absolute atomic E-state index is 0.426. The van der Waals surface area contributed by atoms with Crippen molar-refractivity contribution in [2.45, 2.75) is 56.4 Å². The Kier molecular flexibility index (Phi) is 3.63. The highest BCUT2D eigenvalue weighted by atomic mass is 32.2. The van der Waals surface area contributed by atoms with Crippen molar-refractivity contribution in [3.05, 3.63) is 0 Å². The van der Waals surface area contributed by atoms with E-state index in [1.54, 1.807) is 0 Å². The molecule has 1 saturated carbocycles. The second-order valence-electron chi connectivity index (χ2n) is 5.59. The molecular weight excluding hydrogens is 204 g/mol. The fraction of sp³-hybridized carbons (Fsp3) is 1.00. The van der Waals surface area contributed by atoms with E-state index in [1.165, 1.54) is 44.5 Å². The summed E-state index contributed by atoms with van der Waals surface area (Å²) >= 11 is 2.11. The molecule has 2 nitrogen and oxygen atoms in total. The number of thioether (sulfide) groups is 1. The van der Waals surface area contributed by atoms with Crippen LogP contribution in [0.15, 0.2) is 0 Å². The normalized spacial score (nSPS) is 37.8. The molecule has 2 fully saturated rings. The van der Waals surface area contributed by atoms with E-state index in [1.807, 2.05) is 0 Å². The number of hydrogen-bond donors (Lipinski definition) is 1. The van der Waals surface area contributed by atoms with Crippen LogP contribution >= 0.6 is 11.8 Å². The first-order valence-corrected chi connectivity index (χ1v) is 7.21. The Morgan fingerprint density at radius 1 is 1.27 bits per heavy atom. The summed E-state index contributed by atoms with van der Waals surface area (Å²) < 4.78 is 0.426. The van der Waals surface area contributed by atoms with Gasteiger partial charge < -0.3 is 5.73 Å². The van der Waals surface area contributed by atoms with Gasteiger partial charge in [-0.1, -0.05) is 12.8 Å². The fourth-order valence-electron chi connectivity index (χ4n) is 2.93. The van der Waals surface area contributed by atoms with Crippen molar-refractivity contribution in [1.29, 1.82) is 0 Å². The van der Waals surface area contributed by atoms with Crippen LogP contribution < -0.4 is 5.73 Å². The average molecular weight is 228 g/mol. The summed E-state index contributed by atoms with van der Waals surface area (Å²) in [4.78, 5) is 2.65. The molecule has 0 aromatic rings. The average Bonchev–Trinajstić information content (AvgIpc) is 2.17. The number of nitrogens with zero attached hydrogens (tertiary/aromatic N) is 1. The molecule has 2 N–H and O–H groups in total. The number of rotatable bonds is 1. The lowest BCUT2D eigenvalue weighted by molar-refractivity contribution is 0.131. The van der Waals surface area contributed by atoms with Gasteiger partial charge in [-0.3, -0.25) is 4.90 Å². The summed E-state index contributed by atoms with van der Waals surface area (Å²) in [6.45, 7) is 7.18. The van der Waals surface area contributed by atoms with Gasteiger partial charge in [-0.25, -0.2) is 0 Å². The van der Waals surface area contributed by atoms with Crippen LogP contribution in [-0.4, -0.2) is 40.6 Å². The standard InChI is InChI=1S/C12H24N2S/c1-12(2)9-14(7-8-15-12)11-6-4-3-5-10(11)13/h10-11H,3-9,13H2,1-2H3. The molecule has 1 saturated heterocycles. The first kappa shape index (κ1) is 11.7. The Hall–Kier alpha value is 0.270. The first-order chi connectivity index (χ1) is 7.08. The highest BCUT2D eigenvalue weighted by Crippen LogP contribution is 2.33. The Labute approximate surface area is 98.0 Å². The molecule has 1 aliphatic heterocycles. The van der Waals surface area contributed by atoms with Crippen LogP contribution in [0.3, 0.4) is 0 Å². The molecule has 1 aliphatic carbocycles. The van der Waals surface area contributed by atoms with Crippen LogP contribution in [0, 0.1) is 0 Å². The maximum absolute atomic E-state index is 6.25. The topological polar surface area (TPSA) is 29.3 Å². The first-order valence-electron chi connectivity index (χ1n) is 6.22. The van der Waals surface area contributed by atoms with Crippen LogP contribution in [0.5, 0.6) is 0 Å². The van der Waals surface area contributed by atoms with Gasteiger partial charge in [0.15, 0.2) is 0 Å². The minimum Gasteiger partial charge on any atom is -0.326 e. The zero-order valence-electron chi connectivity index (χ0n) is 10.0. The maximum atomic E-state index is 6.25. The highest BCUT2D eigenvalue weighted by Gasteiger charge is 2.34. The molecule has 0 radical (unpaired) electrons. The lowest BCUT2D eigenvalue weighted by Crippen LogP contribution is -2.55. The molecule has 15 heavy (non-hydrogen) atoms. The molecule has 2 aliphatic rings. The van der Waals surface area contributed by atoms with Crippen LogP contribution in [0.1, 0.15) is 39.5 Å². The Bertz CT molecular complexity index is 218. The summed E-state index contributed by atoms with van der Waals surface area (Å²) in [5.41, 5.74) is 6.25. The molecule has 2 rings (SSSR count). The van der Waals surface area contributed by atoms with E-state index < -0.39 is 0 Å². The molecule has 0 spiro atoms. The smallest absolute Gasteiger partial charge is 0.0248 e. The third-order valence-electron chi connectivity index (χ3n) is 3.71. The summed E-state index contributed by atoms with van der Waals surface area (Å²) in [6, 6.07) is 1.09. The lowest BCUT2D eigenvalue weighted by atomic mass is 9.89. The zero-order valence-corrected chi connectivity index (χ0v) is 10.9. The Morgan fingerprint density at radius 3 is 2.67 bits per heavy atom. The molecule has 0 aromatic carbocycles. The van der Waals surface area contributed by atoms with Gasteiger partial charge in [0.25, 0.3) is 0 Å². The van der Waals surface area contributed by atoms with Crippen molar-refractivity contribution >= 4 is 11.8 Å². The molecule has 1 heterocycles. The maximum Gasteiger partial charge on any atom is 0.0248 e. The molecule has 0 bridgehead atoms. The molecule has 2 unspecified atom stereocenters. The van der Waals surface area contributed by atoms with E-state index in [0.29, 0.717) is 16.8 Å². The van der Waals surface area contributed by atoms with Crippen LogP contribution in [0.25, 0.3) is 0 Å². The monoisotopic (exact) mass is 228 g/mol. The SMILES string of the molecule is CC1(C)CN(C2CCCCC2N)CCS1. The van der Waals surface area contributed by atoms with Gasteiger partial charge in [0.1, 0.15) is 0 Å². The van der Waals surface area contributed by atoms with Crippen molar-refractivity contribution in [3.8, 4) is 0 Å². The van der Waals surface area contributed by atoms with Gasteiger partial charge in [-0.15, -0.1) is 0 Å². The van der Waals surface area contributed by atoms with Gasteiger partial charge in [-0.05, 0) is 26.7 Å². The summed E-state index contributed by atoms with van der Waals surface area (Å²) in [6.07, 6.45) is 5.27. The second kappa shape index (κ2) is 4.64. The Balaban J connectivity index is 1.96. The van der Waals surface area contributed by atoms with Crippen LogP contribution in [-0.2, 0) is 0 Å². The molecule has 0 aromatic heterocycles. The van der Waals surface area contributed by atoms with E-state index in [0.717, 1.165) is 0 Å². The van der Waals surface area contributed by atoms with Crippen molar-refractivity contribution in [2.75, 3.05) is 18.8 Å². The fourth-order valence-corrected chi connectivity index (χ4v) is 4.06. The largest absolute Gasteiger partial charge is 0.326 e. The van der Waals surface area contributed by atoms with Crippen LogP contribution in [0.4, 0.5) is 0 Å².